The molecule has 156 valence electrons. The van der Waals surface area contributed by atoms with Crippen LogP contribution in [-0.4, -0.2) is 52.0 Å². The third-order valence-corrected chi connectivity index (χ3v) is 4.60. The lowest BCUT2D eigenvalue weighted by molar-refractivity contribution is 0.0985. The molecular weight excluding hydrogens is 368 g/mol. The van der Waals surface area contributed by atoms with Crippen LogP contribution in [-0.2, 0) is 0 Å². The van der Waals surface area contributed by atoms with Crippen LogP contribution in [0.1, 0.15) is 34.6 Å². The van der Waals surface area contributed by atoms with Crippen LogP contribution < -0.4 is 20.1 Å². The predicted molar refractivity (Wildman–Crippen MR) is 114 cm³/mol. The van der Waals surface area contributed by atoms with E-state index >= 15 is 0 Å². The van der Waals surface area contributed by atoms with E-state index < -0.39 is 0 Å². The summed E-state index contributed by atoms with van der Waals surface area (Å²) in [6.45, 7) is 6.00. The minimum Gasteiger partial charge on any atom is -0.497 e. The summed E-state index contributed by atoms with van der Waals surface area (Å²) < 4.78 is 10.2. The van der Waals surface area contributed by atoms with Crippen molar-refractivity contribution in [3.05, 3.63) is 59.7 Å². The molecule has 0 aliphatic heterocycles. The number of hydrogen-bond donors (Lipinski definition) is 2. The minimum absolute atomic E-state index is 0.0334. The van der Waals surface area contributed by atoms with Gasteiger partial charge in [-0.2, -0.15) is 0 Å². The van der Waals surface area contributed by atoms with Crippen molar-refractivity contribution < 1.29 is 19.1 Å². The number of ether oxygens (including phenoxy) is 2. The zero-order valence-corrected chi connectivity index (χ0v) is 17.6. The van der Waals surface area contributed by atoms with Gasteiger partial charge < -0.3 is 20.1 Å². The molecule has 0 radical (unpaired) electrons. The third-order valence-electron chi connectivity index (χ3n) is 4.60. The van der Waals surface area contributed by atoms with Crippen molar-refractivity contribution in [2.24, 2.45) is 5.41 Å². The van der Waals surface area contributed by atoms with Gasteiger partial charge in [-0.3, -0.25) is 9.59 Å². The number of carbonyl (C=O) groups is 2. The van der Waals surface area contributed by atoms with Gasteiger partial charge in [-0.1, -0.05) is 13.8 Å². The lowest BCUT2D eigenvalue weighted by Gasteiger charge is -2.25. The van der Waals surface area contributed by atoms with E-state index in [2.05, 4.69) is 24.5 Å². The molecule has 6 nitrogen and oxygen atoms in total. The van der Waals surface area contributed by atoms with Crippen LogP contribution >= 0.6 is 0 Å². The minimum atomic E-state index is -0.111. The molecule has 0 heterocycles. The van der Waals surface area contributed by atoms with Crippen molar-refractivity contribution in [1.29, 1.82) is 0 Å². The van der Waals surface area contributed by atoms with Crippen LogP contribution in [0.2, 0.25) is 0 Å². The van der Waals surface area contributed by atoms with Gasteiger partial charge in [0.05, 0.1) is 27.3 Å². The first-order chi connectivity index (χ1) is 13.8. The number of benzene rings is 2. The zero-order chi connectivity index (χ0) is 21.3. The molecule has 0 aromatic heterocycles. The predicted octanol–water partition coefficient (Wildman–Crippen LogP) is 2.97. The van der Waals surface area contributed by atoms with E-state index in [0.29, 0.717) is 24.2 Å². The Balaban J connectivity index is 1.71. The first-order valence-electron chi connectivity index (χ1n) is 9.60. The van der Waals surface area contributed by atoms with Gasteiger partial charge in [0.2, 0.25) is 0 Å². The SMILES string of the molecule is COc1ccc(C(=O)CNCC(C)(C)CNCC(=O)c2ccc(OC)cc2)cc1. The molecule has 0 fully saturated rings. The number of carbonyl (C=O) groups excluding carboxylic acids is 2. The van der Waals surface area contributed by atoms with E-state index in [9.17, 15) is 9.59 Å². The van der Waals surface area contributed by atoms with Gasteiger partial charge in [-0.25, -0.2) is 0 Å². The highest BCUT2D eigenvalue weighted by Crippen LogP contribution is 2.14. The number of methoxy groups -OCH3 is 2. The van der Waals surface area contributed by atoms with Gasteiger partial charge in [0.15, 0.2) is 11.6 Å². The molecule has 0 saturated carbocycles. The lowest BCUT2D eigenvalue weighted by Crippen LogP contribution is -2.41. The summed E-state index contributed by atoms with van der Waals surface area (Å²) in [5.41, 5.74) is 1.19. The van der Waals surface area contributed by atoms with Crippen molar-refractivity contribution in [3.8, 4) is 11.5 Å². The van der Waals surface area contributed by atoms with Crippen LogP contribution in [0.15, 0.2) is 48.5 Å². The van der Waals surface area contributed by atoms with Crippen molar-refractivity contribution in [2.45, 2.75) is 13.8 Å². The second-order valence-corrected chi connectivity index (χ2v) is 7.67. The van der Waals surface area contributed by atoms with Gasteiger partial charge in [-0.05, 0) is 53.9 Å². The summed E-state index contributed by atoms with van der Waals surface area (Å²) in [6, 6.07) is 14.2. The Hall–Kier alpha value is -2.70. The Kier molecular flexibility index (Phi) is 8.36. The van der Waals surface area contributed by atoms with Crippen molar-refractivity contribution in [2.75, 3.05) is 40.4 Å². The molecule has 0 aliphatic rings. The van der Waals surface area contributed by atoms with E-state index in [0.717, 1.165) is 11.5 Å². The highest BCUT2D eigenvalue weighted by Gasteiger charge is 2.18. The molecule has 2 aromatic rings. The van der Waals surface area contributed by atoms with Gasteiger partial charge in [0.25, 0.3) is 0 Å². The highest BCUT2D eigenvalue weighted by atomic mass is 16.5. The monoisotopic (exact) mass is 398 g/mol. The van der Waals surface area contributed by atoms with E-state index in [1.807, 2.05) is 0 Å². The second kappa shape index (κ2) is 10.7. The summed E-state index contributed by atoms with van der Waals surface area (Å²) in [5, 5.41) is 6.43. The highest BCUT2D eigenvalue weighted by molar-refractivity contribution is 5.98. The number of nitrogens with one attached hydrogen (secondary N) is 2. The van der Waals surface area contributed by atoms with Crippen LogP contribution in [0.3, 0.4) is 0 Å². The van der Waals surface area contributed by atoms with Crippen LogP contribution in [0.4, 0.5) is 0 Å². The van der Waals surface area contributed by atoms with Gasteiger partial charge in [0, 0.05) is 24.2 Å². The summed E-state index contributed by atoms with van der Waals surface area (Å²) in [5.74, 6) is 1.52. The van der Waals surface area contributed by atoms with Gasteiger partial charge in [-0.15, -0.1) is 0 Å². The van der Waals surface area contributed by atoms with Crippen LogP contribution in [0.5, 0.6) is 11.5 Å². The normalized spacial score (nSPS) is 11.2. The average Bonchev–Trinajstić information content (AvgIpc) is 2.73. The van der Waals surface area contributed by atoms with E-state index in [-0.39, 0.29) is 30.1 Å². The average molecular weight is 399 g/mol. The summed E-state index contributed by atoms with van der Waals surface area (Å²) >= 11 is 0. The fourth-order valence-corrected chi connectivity index (χ4v) is 2.85. The smallest absolute Gasteiger partial charge is 0.176 e. The van der Waals surface area contributed by atoms with Crippen molar-refractivity contribution in [1.82, 2.24) is 10.6 Å². The molecule has 29 heavy (non-hydrogen) atoms. The Morgan fingerprint density at radius 2 is 1.07 bits per heavy atom. The molecule has 2 rings (SSSR count). The summed E-state index contributed by atoms with van der Waals surface area (Å²) in [6.07, 6.45) is 0. The van der Waals surface area contributed by atoms with E-state index in [1.54, 1.807) is 62.8 Å². The second-order valence-electron chi connectivity index (χ2n) is 7.67. The number of hydrogen-bond acceptors (Lipinski definition) is 6. The topological polar surface area (TPSA) is 76.7 Å². The maximum absolute atomic E-state index is 12.3. The molecule has 2 aromatic carbocycles. The van der Waals surface area contributed by atoms with Crippen molar-refractivity contribution in [3.63, 3.8) is 0 Å². The zero-order valence-electron chi connectivity index (χ0n) is 17.6. The molecule has 0 atom stereocenters. The molecule has 0 aliphatic carbocycles. The fraction of sp³-hybridized carbons (Fsp3) is 0.391. The van der Waals surface area contributed by atoms with E-state index in [1.165, 1.54) is 0 Å². The Morgan fingerprint density at radius 1 is 0.724 bits per heavy atom. The molecule has 0 unspecified atom stereocenters. The molecule has 0 bridgehead atoms. The molecule has 2 N–H and O–H groups in total. The quantitative estimate of drug-likeness (QED) is 0.536. The van der Waals surface area contributed by atoms with Crippen LogP contribution in [0, 0.1) is 5.41 Å². The third kappa shape index (κ3) is 7.33. The Labute approximate surface area is 172 Å². The van der Waals surface area contributed by atoms with Crippen molar-refractivity contribution >= 4 is 11.6 Å². The lowest BCUT2D eigenvalue weighted by atomic mass is 9.93. The summed E-state index contributed by atoms with van der Waals surface area (Å²) in [7, 11) is 3.19. The molecule has 0 spiro atoms. The fourth-order valence-electron chi connectivity index (χ4n) is 2.85. The van der Waals surface area contributed by atoms with Gasteiger partial charge in [0.1, 0.15) is 11.5 Å². The molecule has 0 amide bonds. The number of ketones is 2. The number of Topliss-reactive ketones (excluding diaryl/α,β-unsaturated/α-hetero) is 2. The largest absolute Gasteiger partial charge is 0.497 e. The van der Waals surface area contributed by atoms with E-state index in [4.69, 9.17) is 9.47 Å². The summed E-state index contributed by atoms with van der Waals surface area (Å²) in [4.78, 5) is 24.5. The first kappa shape index (κ1) is 22.6. The van der Waals surface area contributed by atoms with Crippen LogP contribution in [0.25, 0.3) is 0 Å². The molecular formula is C23H30N2O4. The Morgan fingerprint density at radius 3 is 1.38 bits per heavy atom. The Bertz CT molecular complexity index is 731. The standard InChI is InChI=1S/C23H30N2O4/c1-23(2,15-24-13-21(26)17-5-9-19(28-3)10-6-17)16-25-14-22(27)18-7-11-20(29-4)12-8-18/h5-12,24-25H,13-16H2,1-4H3. The maximum atomic E-state index is 12.3. The number of rotatable bonds is 12. The molecule has 6 heteroatoms. The first-order valence-corrected chi connectivity index (χ1v) is 9.60. The van der Waals surface area contributed by atoms with Gasteiger partial charge >= 0.3 is 0 Å². The molecule has 0 saturated heterocycles. The maximum Gasteiger partial charge on any atom is 0.176 e.